The molecule has 118 valence electrons. The Morgan fingerprint density at radius 2 is 1.83 bits per heavy atom. The number of hydrogen-bond donors (Lipinski definition) is 4. The number of allylic oxidation sites excluding steroid dienone is 1. The molecule has 0 bridgehead atoms. The predicted molar refractivity (Wildman–Crippen MR) is 93.2 cm³/mol. The van der Waals surface area contributed by atoms with Crippen LogP contribution in [0.2, 0.25) is 0 Å². The molecule has 2 aromatic carbocycles. The molecule has 6 nitrogen and oxygen atoms in total. The fourth-order valence-corrected chi connectivity index (χ4v) is 2.06. The molecule has 0 saturated carbocycles. The number of aldehydes is 1. The summed E-state index contributed by atoms with van der Waals surface area (Å²) in [6.07, 6.45) is 2.20. The van der Waals surface area contributed by atoms with Gasteiger partial charge in [0.25, 0.3) is 0 Å². The molecule has 0 fully saturated rings. The number of nitrogen functional groups attached to an aromatic ring is 1. The van der Waals surface area contributed by atoms with E-state index in [1.165, 1.54) is 11.2 Å². The lowest BCUT2D eigenvalue weighted by Gasteiger charge is -2.16. The summed E-state index contributed by atoms with van der Waals surface area (Å²) in [6.45, 7) is 1.92. The van der Waals surface area contributed by atoms with Crippen molar-refractivity contribution in [2.45, 2.75) is 6.92 Å². The van der Waals surface area contributed by atoms with Gasteiger partial charge in [0.2, 0.25) is 0 Å². The van der Waals surface area contributed by atoms with Gasteiger partial charge in [0.1, 0.15) is 6.29 Å². The van der Waals surface area contributed by atoms with Crippen LogP contribution >= 0.6 is 0 Å². The normalized spacial score (nSPS) is 11.1. The average Bonchev–Trinajstić information content (AvgIpc) is 2.56. The van der Waals surface area contributed by atoms with Crippen molar-refractivity contribution >= 4 is 23.4 Å². The summed E-state index contributed by atoms with van der Waals surface area (Å²) >= 11 is 0. The largest absolute Gasteiger partial charge is 0.398 e. The van der Waals surface area contributed by atoms with Crippen LogP contribution in [0.25, 0.3) is 0 Å². The SMILES string of the molecule is Cc1ccc(N)c(C(=N)/C(N)=C/N(N)c2ccc(C=O)cc2)c1. The molecular weight excluding hydrogens is 290 g/mol. The number of hydrazine groups is 1. The Morgan fingerprint density at radius 3 is 2.43 bits per heavy atom. The van der Waals surface area contributed by atoms with Gasteiger partial charge in [-0.1, -0.05) is 11.6 Å². The maximum absolute atomic E-state index is 10.7. The average molecular weight is 309 g/mol. The molecule has 0 aliphatic heterocycles. The zero-order valence-corrected chi connectivity index (χ0v) is 12.8. The number of hydrogen-bond acceptors (Lipinski definition) is 6. The van der Waals surface area contributed by atoms with Crippen molar-refractivity contribution in [2.24, 2.45) is 11.6 Å². The molecule has 0 saturated heterocycles. The van der Waals surface area contributed by atoms with Crippen LogP contribution in [0.5, 0.6) is 0 Å². The number of nitrogens with two attached hydrogens (primary N) is 3. The van der Waals surface area contributed by atoms with Gasteiger partial charge in [-0.3, -0.25) is 15.2 Å². The first kappa shape index (κ1) is 16.3. The molecule has 0 aromatic heterocycles. The second-order valence-corrected chi connectivity index (χ2v) is 5.17. The van der Waals surface area contributed by atoms with E-state index in [4.69, 9.17) is 22.7 Å². The Bertz CT molecular complexity index is 765. The summed E-state index contributed by atoms with van der Waals surface area (Å²) in [7, 11) is 0. The third-order valence-corrected chi connectivity index (χ3v) is 3.37. The molecule has 0 radical (unpaired) electrons. The Hall–Kier alpha value is -3.12. The Kier molecular flexibility index (Phi) is 4.78. The van der Waals surface area contributed by atoms with Crippen LogP contribution in [0.1, 0.15) is 21.5 Å². The number of anilines is 2. The number of rotatable bonds is 5. The minimum absolute atomic E-state index is 0.103. The second kappa shape index (κ2) is 6.76. The van der Waals surface area contributed by atoms with Crippen LogP contribution in [0.4, 0.5) is 11.4 Å². The number of carbonyl (C=O) groups is 1. The van der Waals surface area contributed by atoms with Crippen LogP contribution in [-0.4, -0.2) is 12.0 Å². The van der Waals surface area contributed by atoms with E-state index in [-0.39, 0.29) is 11.4 Å². The predicted octanol–water partition coefficient (Wildman–Crippen LogP) is 1.94. The summed E-state index contributed by atoms with van der Waals surface area (Å²) < 4.78 is 0. The van der Waals surface area contributed by atoms with Crippen molar-refractivity contribution < 1.29 is 4.79 Å². The number of aryl methyl sites for hydroxylation is 1. The Labute approximate surface area is 134 Å². The van der Waals surface area contributed by atoms with Gasteiger partial charge in [-0.25, -0.2) is 5.84 Å². The fraction of sp³-hybridized carbons (Fsp3) is 0.0588. The maximum atomic E-state index is 10.7. The minimum atomic E-state index is 0.103. The molecule has 0 heterocycles. The van der Waals surface area contributed by atoms with Crippen molar-refractivity contribution in [3.63, 3.8) is 0 Å². The standard InChI is InChI=1S/C17H19N5O/c1-11-2-7-15(18)14(8-11)17(20)16(19)9-22(21)13-5-3-12(10-23)4-6-13/h2-10,20H,18-19,21H2,1H3/b16-9-,20-17?. The minimum Gasteiger partial charge on any atom is -0.398 e. The van der Waals surface area contributed by atoms with Crippen molar-refractivity contribution in [3.8, 4) is 0 Å². The smallest absolute Gasteiger partial charge is 0.150 e. The first-order valence-electron chi connectivity index (χ1n) is 6.94. The summed E-state index contributed by atoms with van der Waals surface area (Å²) in [5, 5.41) is 9.49. The highest BCUT2D eigenvalue weighted by atomic mass is 16.1. The first-order valence-corrected chi connectivity index (χ1v) is 6.94. The van der Waals surface area contributed by atoms with Gasteiger partial charge in [-0.2, -0.15) is 0 Å². The van der Waals surface area contributed by atoms with Gasteiger partial charge in [0.15, 0.2) is 0 Å². The Balaban J connectivity index is 2.24. The highest BCUT2D eigenvalue weighted by Crippen LogP contribution is 2.18. The van der Waals surface area contributed by atoms with Crippen LogP contribution in [0.15, 0.2) is 54.4 Å². The zero-order valence-electron chi connectivity index (χ0n) is 12.8. The number of benzene rings is 2. The van der Waals surface area contributed by atoms with E-state index in [2.05, 4.69) is 0 Å². The summed E-state index contributed by atoms with van der Waals surface area (Å²) in [4.78, 5) is 10.7. The van der Waals surface area contributed by atoms with Crippen molar-refractivity contribution in [1.29, 1.82) is 5.41 Å². The topological polar surface area (TPSA) is 122 Å². The van der Waals surface area contributed by atoms with E-state index in [0.717, 1.165) is 11.8 Å². The van der Waals surface area contributed by atoms with E-state index < -0.39 is 0 Å². The Morgan fingerprint density at radius 1 is 1.17 bits per heavy atom. The molecular formula is C17H19N5O. The summed E-state index contributed by atoms with van der Waals surface area (Å²) in [5.41, 5.74) is 15.4. The van der Waals surface area contributed by atoms with E-state index in [1.54, 1.807) is 36.4 Å². The van der Waals surface area contributed by atoms with Gasteiger partial charge in [0.05, 0.1) is 17.1 Å². The quantitative estimate of drug-likeness (QED) is 0.221. The molecule has 0 amide bonds. The van der Waals surface area contributed by atoms with Crippen LogP contribution < -0.4 is 22.3 Å². The van der Waals surface area contributed by atoms with Crippen molar-refractivity contribution in [2.75, 3.05) is 10.7 Å². The lowest BCUT2D eigenvalue weighted by atomic mass is 10.0. The lowest BCUT2D eigenvalue weighted by Crippen LogP contribution is -2.28. The van der Waals surface area contributed by atoms with Gasteiger partial charge < -0.3 is 11.5 Å². The molecule has 0 aliphatic rings. The molecule has 2 rings (SSSR count). The van der Waals surface area contributed by atoms with Crippen LogP contribution in [-0.2, 0) is 0 Å². The molecule has 6 heteroatoms. The lowest BCUT2D eigenvalue weighted by molar-refractivity contribution is 0.112. The maximum Gasteiger partial charge on any atom is 0.150 e. The first-order chi connectivity index (χ1) is 10.9. The van der Waals surface area contributed by atoms with Crippen LogP contribution in [0, 0.1) is 12.3 Å². The van der Waals surface area contributed by atoms with Gasteiger partial charge >= 0.3 is 0 Å². The van der Waals surface area contributed by atoms with Crippen LogP contribution in [0.3, 0.4) is 0 Å². The third kappa shape index (κ3) is 3.75. The third-order valence-electron chi connectivity index (χ3n) is 3.37. The van der Waals surface area contributed by atoms with Crippen molar-refractivity contribution in [3.05, 3.63) is 71.1 Å². The molecule has 0 spiro atoms. The monoisotopic (exact) mass is 309 g/mol. The highest BCUT2D eigenvalue weighted by Gasteiger charge is 2.10. The molecule has 23 heavy (non-hydrogen) atoms. The zero-order chi connectivity index (χ0) is 17.0. The molecule has 0 aliphatic carbocycles. The molecule has 0 atom stereocenters. The molecule has 7 N–H and O–H groups in total. The number of carbonyl (C=O) groups excluding carboxylic acids is 1. The summed E-state index contributed by atoms with van der Waals surface area (Å²) in [6, 6.07) is 12.1. The second-order valence-electron chi connectivity index (χ2n) is 5.17. The summed E-state index contributed by atoms with van der Waals surface area (Å²) in [5.74, 6) is 5.93. The van der Waals surface area contributed by atoms with E-state index >= 15 is 0 Å². The molecule has 0 unspecified atom stereocenters. The van der Waals surface area contributed by atoms with Crippen molar-refractivity contribution in [1.82, 2.24) is 0 Å². The van der Waals surface area contributed by atoms with Gasteiger partial charge in [-0.15, -0.1) is 0 Å². The highest BCUT2D eigenvalue weighted by molar-refractivity contribution is 6.13. The number of nitrogens with one attached hydrogen (secondary N) is 1. The molecule has 2 aromatic rings. The van der Waals surface area contributed by atoms with Gasteiger partial charge in [-0.05, 0) is 43.3 Å². The van der Waals surface area contributed by atoms with Gasteiger partial charge in [0, 0.05) is 23.0 Å². The van der Waals surface area contributed by atoms with E-state index in [0.29, 0.717) is 22.5 Å². The number of nitrogens with zero attached hydrogens (tertiary/aromatic N) is 1. The van der Waals surface area contributed by atoms with E-state index in [9.17, 15) is 4.79 Å². The fourth-order valence-electron chi connectivity index (χ4n) is 2.06. The van der Waals surface area contributed by atoms with E-state index in [1.807, 2.05) is 13.0 Å².